The fourth-order valence-electron chi connectivity index (χ4n) is 3.53. The molecule has 158 valence electrons. The molecule has 2 aromatic heterocycles. The SMILES string of the molecule is COc1cc(OC)c(NC(=O)c2cc(-c3ccccc3)nc3c2c(C)nn3C)cc1Cl. The van der Waals surface area contributed by atoms with E-state index in [1.54, 1.807) is 22.9 Å². The molecule has 0 unspecified atom stereocenters. The van der Waals surface area contributed by atoms with E-state index in [0.717, 1.165) is 11.3 Å². The summed E-state index contributed by atoms with van der Waals surface area (Å²) in [4.78, 5) is 18.1. The summed E-state index contributed by atoms with van der Waals surface area (Å²) >= 11 is 6.26. The van der Waals surface area contributed by atoms with Crippen LogP contribution in [0.4, 0.5) is 5.69 Å². The second kappa shape index (κ2) is 8.28. The van der Waals surface area contributed by atoms with Crippen LogP contribution in [-0.4, -0.2) is 34.9 Å². The Morgan fingerprint density at radius 2 is 1.77 bits per heavy atom. The van der Waals surface area contributed by atoms with Crippen LogP contribution in [0.3, 0.4) is 0 Å². The number of halogens is 1. The van der Waals surface area contributed by atoms with Gasteiger partial charge in [0.05, 0.1) is 47.3 Å². The summed E-state index contributed by atoms with van der Waals surface area (Å²) in [5.41, 5.74) is 3.83. The van der Waals surface area contributed by atoms with Gasteiger partial charge in [0, 0.05) is 18.7 Å². The van der Waals surface area contributed by atoms with Gasteiger partial charge in [0.1, 0.15) is 11.5 Å². The number of hydrogen-bond acceptors (Lipinski definition) is 5. The molecule has 4 rings (SSSR count). The lowest BCUT2D eigenvalue weighted by Gasteiger charge is -2.14. The molecular weight excluding hydrogens is 416 g/mol. The van der Waals surface area contributed by atoms with Crippen molar-refractivity contribution >= 4 is 34.2 Å². The van der Waals surface area contributed by atoms with Crippen molar-refractivity contribution in [2.24, 2.45) is 7.05 Å². The van der Waals surface area contributed by atoms with Crippen LogP contribution >= 0.6 is 11.6 Å². The van der Waals surface area contributed by atoms with Crippen molar-refractivity contribution in [3.05, 3.63) is 64.8 Å². The number of aromatic nitrogens is 3. The first-order chi connectivity index (χ1) is 14.9. The molecule has 0 radical (unpaired) electrons. The molecule has 1 amide bonds. The molecule has 0 spiro atoms. The van der Waals surface area contributed by atoms with Crippen LogP contribution < -0.4 is 14.8 Å². The zero-order valence-electron chi connectivity index (χ0n) is 17.6. The van der Waals surface area contributed by atoms with Gasteiger partial charge in [-0.25, -0.2) is 4.98 Å². The van der Waals surface area contributed by atoms with Gasteiger partial charge in [-0.1, -0.05) is 41.9 Å². The molecule has 0 aliphatic rings. The minimum absolute atomic E-state index is 0.319. The second-order valence-electron chi connectivity index (χ2n) is 6.97. The molecule has 1 N–H and O–H groups in total. The number of carbonyl (C=O) groups is 1. The minimum Gasteiger partial charge on any atom is -0.495 e. The van der Waals surface area contributed by atoms with Gasteiger partial charge < -0.3 is 14.8 Å². The predicted molar refractivity (Wildman–Crippen MR) is 121 cm³/mol. The van der Waals surface area contributed by atoms with Gasteiger partial charge in [-0.15, -0.1) is 0 Å². The van der Waals surface area contributed by atoms with E-state index in [1.807, 2.05) is 44.3 Å². The van der Waals surface area contributed by atoms with Gasteiger partial charge in [0.2, 0.25) is 0 Å². The Labute approximate surface area is 184 Å². The number of hydrogen-bond donors (Lipinski definition) is 1. The molecule has 0 aliphatic heterocycles. The highest BCUT2D eigenvalue weighted by Gasteiger charge is 2.21. The zero-order valence-corrected chi connectivity index (χ0v) is 18.3. The quantitative estimate of drug-likeness (QED) is 0.483. The summed E-state index contributed by atoms with van der Waals surface area (Å²) < 4.78 is 12.3. The molecule has 0 saturated heterocycles. The van der Waals surface area contributed by atoms with Gasteiger partial charge in [-0.05, 0) is 19.1 Å². The Hall–Kier alpha value is -3.58. The van der Waals surface area contributed by atoms with Crippen molar-refractivity contribution in [1.82, 2.24) is 14.8 Å². The number of anilines is 1. The van der Waals surface area contributed by atoms with Gasteiger partial charge in [0.25, 0.3) is 5.91 Å². The van der Waals surface area contributed by atoms with Crippen LogP contribution in [0.15, 0.2) is 48.5 Å². The maximum atomic E-state index is 13.4. The summed E-state index contributed by atoms with van der Waals surface area (Å²) in [7, 11) is 4.84. The number of nitrogens with one attached hydrogen (secondary N) is 1. The third kappa shape index (κ3) is 3.80. The summed E-state index contributed by atoms with van der Waals surface area (Å²) in [5, 5.41) is 8.42. The van der Waals surface area contributed by atoms with Crippen molar-refractivity contribution in [2.45, 2.75) is 6.92 Å². The summed E-state index contributed by atoms with van der Waals surface area (Å²) in [6.45, 7) is 1.85. The number of pyridine rings is 1. The Morgan fingerprint density at radius 1 is 1.06 bits per heavy atom. The first-order valence-electron chi connectivity index (χ1n) is 9.55. The van der Waals surface area contributed by atoms with Gasteiger partial charge in [-0.2, -0.15) is 5.10 Å². The zero-order chi connectivity index (χ0) is 22.1. The third-order valence-corrected chi connectivity index (χ3v) is 5.30. The average Bonchev–Trinajstić information content (AvgIpc) is 3.07. The van der Waals surface area contributed by atoms with Gasteiger partial charge in [-0.3, -0.25) is 9.48 Å². The fourth-order valence-corrected chi connectivity index (χ4v) is 3.77. The van der Waals surface area contributed by atoms with Gasteiger partial charge >= 0.3 is 0 Å². The molecule has 2 aromatic carbocycles. The van der Waals surface area contributed by atoms with Crippen LogP contribution in [-0.2, 0) is 7.05 Å². The van der Waals surface area contributed by atoms with Crippen LogP contribution in [0.2, 0.25) is 5.02 Å². The molecule has 4 aromatic rings. The molecule has 31 heavy (non-hydrogen) atoms. The molecule has 0 aliphatic carbocycles. The summed E-state index contributed by atoms with van der Waals surface area (Å²) in [6.07, 6.45) is 0. The number of benzene rings is 2. The van der Waals surface area contributed by atoms with Crippen LogP contribution in [0.25, 0.3) is 22.3 Å². The van der Waals surface area contributed by atoms with E-state index in [2.05, 4.69) is 10.4 Å². The molecule has 0 fully saturated rings. The first-order valence-corrected chi connectivity index (χ1v) is 9.93. The lowest BCUT2D eigenvalue weighted by Crippen LogP contribution is -2.14. The topological polar surface area (TPSA) is 78.3 Å². The van der Waals surface area contributed by atoms with Crippen molar-refractivity contribution in [1.29, 1.82) is 0 Å². The second-order valence-corrected chi connectivity index (χ2v) is 7.38. The highest BCUT2D eigenvalue weighted by Crippen LogP contribution is 2.36. The maximum Gasteiger partial charge on any atom is 0.256 e. The largest absolute Gasteiger partial charge is 0.495 e. The maximum absolute atomic E-state index is 13.4. The minimum atomic E-state index is -0.319. The fraction of sp³-hybridized carbons (Fsp3) is 0.174. The van der Waals surface area contributed by atoms with E-state index in [0.29, 0.717) is 44.5 Å². The highest BCUT2D eigenvalue weighted by atomic mass is 35.5. The van der Waals surface area contributed by atoms with E-state index in [-0.39, 0.29) is 5.91 Å². The third-order valence-electron chi connectivity index (χ3n) is 5.00. The van der Waals surface area contributed by atoms with Crippen LogP contribution in [0.5, 0.6) is 11.5 Å². The molecule has 8 heteroatoms. The van der Waals surface area contributed by atoms with Crippen LogP contribution in [0, 0.1) is 6.92 Å². The number of carbonyl (C=O) groups excluding carboxylic acids is 1. The lowest BCUT2D eigenvalue weighted by molar-refractivity contribution is 0.102. The van der Waals surface area contributed by atoms with E-state index in [4.69, 9.17) is 26.1 Å². The summed E-state index contributed by atoms with van der Waals surface area (Å²) in [5.74, 6) is 0.573. The molecular formula is C23H21ClN4O3. The van der Waals surface area contributed by atoms with Crippen molar-refractivity contribution in [3.8, 4) is 22.8 Å². The number of rotatable bonds is 5. The first kappa shape index (κ1) is 20.7. The standard InChI is InChI=1S/C23H21ClN4O3/c1-13-21-15(23(29)26-18-11-16(24)19(30-3)12-20(18)31-4)10-17(14-8-6-5-7-9-14)25-22(21)28(2)27-13/h5-12H,1-4H3,(H,26,29). The number of methoxy groups -OCH3 is 2. The highest BCUT2D eigenvalue weighted by molar-refractivity contribution is 6.32. The van der Waals surface area contributed by atoms with E-state index >= 15 is 0 Å². The Bertz CT molecular complexity index is 1290. The van der Waals surface area contributed by atoms with E-state index in [1.165, 1.54) is 14.2 Å². The molecule has 0 atom stereocenters. The van der Waals surface area contributed by atoms with Crippen LogP contribution in [0.1, 0.15) is 16.1 Å². The number of ether oxygens (including phenoxy) is 2. The monoisotopic (exact) mass is 436 g/mol. The van der Waals surface area contributed by atoms with E-state index in [9.17, 15) is 4.79 Å². The lowest BCUT2D eigenvalue weighted by atomic mass is 10.0. The molecule has 2 heterocycles. The van der Waals surface area contributed by atoms with Crippen molar-refractivity contribution in [3.63, 3.8) is 0 Å². The number of aryl methyl sites for hydroxylation is 2. The Kier molecular flexibility index (Phi) is 5.52. The van der Waals surface area contributed by atoms with Crippen molar-refractivity contribution < 1.29 is 14.3 Å². The normalized spacial score (nSPS) is 10.9. The van der Waals surface area contributed by atoms with E-state index < -0.39 is 0 Å². The Balaban J connectivity index is 1.84. The predicted octanol–water partition coefficient (Wildman–Crippen LogP) is 4.87. The molecule has 0 saturated carbocycles. The molecule has 0 bridgehead atoms. The number of amides is 1. The van der Waals surface area contributed by atoms with Crippen molar-refractivity contribution in [2.75, 3.05) is 19.5 Å². The summed E-state index contributed by atoms with van der Waals surface area (Å²) in [6, 6.07) is 14.7. The smallest absolute Gasteiger partial charge is 0.256 e. The van der Waals surface area contributed by atoms with Gasteiger partial charge in [0.15, 0.2) is 5.65 Å². The Morgan fingerprint density at radius 3 is 2.45 bits per heavy atom. The average molecular weight is 437 g/mol. The molecule has 7 nitrogen and oxygen atoms in total. The number of fused-ring (bicyclic) bond motifs is 1. The number of nitrogens with zero attached hydrogens (tertiary/aromatic N) is 3.